The number of benzene rings is 2. The lowest BCUT2D eigenvalue weighted by Gasteiger charge is -2.30. The van der Waals surface area contributed by atoms with Crippen LogP contribution in [0.15, 0.2) is 73.1 Å². The van der Waals surface area contributed by atoms with E-state index in [1.165, 1.54) is 0 Å². The van der Waals surface area contributed by atoms with Crippen molar-refractivity contribution in [1.82, 2.24) is 9.88 Å². The van der Waals surface area contributed by atoms with Gasteiger partial charge in [-0.2, -0.15) is 0 Å². The maximum absolute atomic E-state index is 13.1. The van der Waals surface area contributed by atoms with Crippen LogP contribution in [0, 0.1) is 0 Å². The molecule has 3 rings (SSSR count). The van der Waals surface area contributed by atoms with Crippen molar-refractivity contribution in [2.45, 2.75) is 26.0 Å². The second-order valence-electron chi connectivity index (χ2n) is 8.18. The number of nitrogens with two attached hydrogens (primary N) is 1. The molecular weight excluding hydrogens is 460 g/mol. The number of pyridine rings is 1. The van der Waals surface area contributed by atoms with Crippen LogP contribution in [0.2, 0.25) is 0 Å². The number of aliphatic hydroxyl groups is 1. The van der Waals surface area contributed by atoms with E-state index >= 15 is 0 Å². The Labute approximate surface area is 210 Å². The van der Waals surface area contributed by atoms with Gasteiger partial charge >= 0.3 is 6.09 Å². The van der Waals surface area contributed by atoms with Gasteiger partial charge in [0.05, 0.1) is 37.2 Å². The van der Waals surface area contributed by atoms with E-state index < -0.39 is 12.2 Å². The summed E-state index contributed by atoms with van der Waals surface area (Å²) in [7, 11) is 0. The molecule has 9 heteroatoms. The highest BCUT2D eigenvalue weighted by Gasteiger charge is 2.25. The molecule has 190 valence electrons. The van der Waals surface area contributed by atoms with E-state index in [-0.39, 0.29) is 38.3 Å². The molecule has 2 atom stereocenters. The summed E-state index contributed by atoms with van der Waals surface area (Å²) < 4.78 is 11.1. The van der Waals surface area contributed by atoms with E-state index in [0.717, 1.165) is 11.1 Å². The maximum atomic E-state index is 13.1. The number of aliphatic hydroxyl groups excluding tert-OH is 1. The normalized spacial score (nSPS) is 12.4. The second-order valence-corrected chi connectivity index (χ2v) is 8.18. The largest absolute Gasteiger partial charge is 0.441 e. The number of rotatable bonds is 11. The zero-order chi connectivity index (χ0) is 25.9. The fraction of sp³-hybridized carbons (Fsp3) is 0.296. The fourth-order valence-electron chi connectivity index (χ4n) is 3.57. The lowest BCUT2D eigenvalue weighted by Crippen LogP contribution is -2.37. The number of aromatic nitrogens is 1. The number of nitrogen functional groups attached to an aromatic ring is 1. The van der Waals surface area contributed by atoms with Gasteiger partial charge in [0.25, 0.3) is 5.91 Å². The van der Waals surface area contributed by atoms with E-state index in [2.05, 4.69) is 10.3 Å². The van der Waals surface area contributed by atoms with Crippen LogP contribution < -0.4 is 11.1 Å². The Morgan fingerprint density at radius 1 is 1.03 bits per heavy atom. The smallest absolute Gasteiger partial charge is 0.410 e. The highest BCUT2D eigenvalue weighted by atomic mass is 16.6. The minimum Gasteiger partial charge on any atom is -0.441 e. The van der Waals surface area contributed by atoms with Gasteiger partial charge < -0.3 is 25.6 Å². The molecule has 0 saturated carbocycles. The molecule has 0 radical (unpaired) electrons. The van der Waals surface area contributed by atoms with Crippen molar-refractivity contribution in [3.05, 3.63) is 89.7 Å². The van der Waals surface area contributed by atoms with Gasteiger partial charge in [0.1, 0.15) is 6.10 Å². The van der Waals surface area contributed by atoms with Crippen molar-refractivity contribution < 1.29 is 24.2 Å². The Morgan fingerprint density at radius 3 is 2.44 bits per heavy atom. The Balaban J connectivity index is 1.71. The minimum atomic E-state index is -0.507. The molecule has 36 heavy (non-hydrogen) atoms. The maximum Gasteiger partial charge on any atom is 0.410 e. The predicted molar refractivity (Wildman–Crippen MR) is 137 cm³/mol. The molecule has 4 N–H and O–H groups in total. The lowest BCUT2D eigenvalue weighted by molar-refractivity contribution is 0.0357. The highest BCUT2D eigenvalue weighted by molar-refractivity contribution is 6.05. The molecule has 0 bridgehead atoms. The first-order valence-corrected chi connectivity index (χ1v) is 11.7. The molecule has 0 unspecified atom stereocenters. The third kappa shape index (κ3) is 7.27. The van der Waals surface area contributed by atoms with Crippen molar-refractivity contribution in [2.75, 3.05) is 37.4 Å². The summed E-state index contributed by atoms with van der Waals surface area (Å²) in [5, 5.41) is 11.8. The number of para-hydroxylation sites is 2. The monoisotopic (exact) mass is 492 g/mol. The number of nitrogens with zero attached hydrogens (tertiary/aromatic N) is 2. The molecule has 0 aliphatic carbocycles. The first-order chi connectivity index (χ1) is 17.4. The summed E-state index contributed by atoms with van der Waals surface area (Å²) in [4.78, 5) is 31.4. The zero-order valence-electron chi connectivity index (χ0n) is 20.5. The van der Waals surface area contributed by atoms with Crippen molar-refractivity contribution in [3.8, 4) is 0 Å². The average Bonchev–Trinajstić information content (AvgIpc) is 2.90. The van der Waals surface area contributed by atoms with E-state index in [9.17, 15) is 9.59 Å². The van der Waals surface area contributed by atoms with Crippen LogP contribution in [0.4, 0.5) is 16.2 Å². The third-order valence-electron chi connectivity index (χ3n) is 5.71. The first-order valence-electron chi connectivity index (χ1n) is 11.7. The van der Waals surface area contributed by atoms with Gasteiger partial charge in [-0.15, -0.1) is 0 Å². The zero-order valence-corrected chi connectivity index (χ0v) is 20.5. The topological polar surface area (TPSA) is 127 Å². The van der Waals surface area contributed by atoms with Gasteiger partial charge in [-0.1, -0.05) is 30.3 Å². The molecule has 9 nitrogen and oxygen atoms in total. The number of carbonyl (C=O) groups excluding carboxylic acids is 2. The molecular formula is C27H32N4O5. The van der Waals surface area contributed by atoms with Crippen LogP contribution in [0.3, 0.4) is 0 Å². The van der Waals surface area contributed by atoms with Crippen LogP contribution >= 0.6 is 0 Å². The SMILES string of the molecule is C[C@H](OC(=O)N(CCOCCO)[C@@H](C)c1ccc(C(=O)Nc2ccccc2N)cc1)c1cccnc1. The quantitative estimate of drug-likeness (QED) is 0.271. The minimum absolute atomic E-state index is 0.101. The predicted octanol–water partition coefficient (Wildman–Crippen LogP) is 4.19. The molecule has 0 spiro atoms. The summed E-state index contributed by atoms with van der Waals surface area (Å²) in [5.74, 6) is -0.286. The number of carbonyl (C=O) groups is 2. The average molecular weight is 493 g/mol. The number of hydrogen-bond acceptors (Lipinski definition) is 7. The summed E-state index contributed by atoms with van der Waals surface area (Å²) >= 11 is 0. The van der Waals surface area contributed by atoms with Crippen molar-refractivity contribution in [2.24, 2.45) is 0 Å². The number of hydrogen-bond donors (Lipinski definition) is 3. The fourth-order valence-corrected chi connectivity index (χ4v) is 3.57. The molecule has 0 aliphatic heterocycles. The molecule has 1 heterocycles. The van der Waals surface area contributed by atoms with E-state index in [0.29, 0.717) is 16.9 Å². The molecule has 0 aliphatic rings. The molecule has 2 aromatic carbocycles. The second kappa shape index (κ2) is 13.2. The summed E-state index contributed by atoms with van der Waals surface area (Å²) in [5.41, 5.74) is 8.99. The molecule has 0 saturated heterocycles. The van der Waals surface area contributed by atoms with Crippen molar-refractivity contribution >= 4 is 23.4 Å². The van der Waals surface area contributed by atoms with E-state index in [4.69, 9.17) is 20.3 Å². The van der Waals surface area contributed by atoms with Gasteiger partial charge in [-0.05, 0) is 49.7 Å². The lowest BCUT2D eigenvalue weighted by atomic mass is 10.0. The number of nitrogens with one attached hydrogen (secondary N) is 1. The van der Waals surface area contributed by atoms with Gasteiger partial charge in [-0.25, -0.2) is 4.79 Å². The van der Waals surface area contributed by atoms with Crippen LogP contribution in [-0.4, -0.2) is 53.4 Å². The molecule has 2 amide bonds. The Hall–Kier alpha value is -3.95. The highest BCUT2D eigenvalue weighted by Crippen LogP contribution is 2.25. The number of anilines is 2. The van der Waals surface area contributed by atoms with Gasteiger partial charge in [0.2, 0.25) is 0 Å². The van der Waals surface area contributed by atoms with Crippen LogP contribution in [-0.2, 0) is 9.47 Å². The molecule has 3 aromatic rings. The van der Waals surface area contributed by atoms with E-state index in [1.807, 2.05) is 13.0 Å². The Bertz CT molecular complexity index is 1120. The number of ether oxygens (including phenoxy) is 2. The molecule has 0 fully saturated rings. The summed E-state index contributed by atoms with van der Waals surface area (Å²) in [6.45, 7) is 4.24. The standard InChI is InChI=1S/C27H32N4O5/c1-19(21-9-11-22(12-10-21)26(33)30-25-8-4-3-7-24(25)28)31(14-16-35-17-15-32)27(34)36-20(2)23-6-5-13-29-18-23/h3-13,18-20,32H,14-17,28H2,1-2H3,(H,30,33)/t19-,20-/m0/s1. The van der Waals surface area contributed by atoms with Gasteiger partial charge in [0, 0.05) is 30.1 Å². The Morgan fingerprint density at radius 2 is 1.78 bits per heavy atom. The van der Waals surface area contributed by atoms with Gasteiger partial charge in [-0.3, -0.25) is 14.7 Å². The Kier molecular flexibility index (Phi) is 9.79. The summed E-state index contributed by atoms with van der Waals surface area (Å²) in [6, 6.07) is 17.3. The third-order valence-corrected chi connectivity index (χ3v) is 5.71. The van der Waals surface area contributed by atoms with Crippen molar-refractivity contribution in [1.29, 1.82) is 0 Å². The van der Waals surface area contributed by atoms with E-state index in [1.54, 1.807) is 78.8 Å². The van der Waals surface area contributed by atoms with Crippen LogP contribution in [0.1, 0.15) is 47.5 Å². The first kappa shape index (κ1) is 26.7. The van der Waals surface area contributed by atoms with Crippen LogP contribution in [0.5, 0.6) is 0 Å². The van der Waals surface area contributed by atoms with Crippen LogP contribution in [0.25, 0.3) is 0 Å². The molecule has 1 aromatic heterocycles. The number of amides is 2. The van der Waals surface area contributed by atoms with Gasteiger partial charge in [0.15, 0.2) is 0 Å². The van der Waals surface area contributed by atoms with Crippen molar-refractivity contribution in [3.63, 3.8) is 0 Å². The summed E-state index contributed by atoms with van der Waals surface area (Å²) in [6.07, 6.45) is 2.32.